The molecule has 0 saturated heterocycles. The minimum Gasteiger partial charge on any atom is -0.474 e. The van der Waals surface area contributed by atoms with E-state index in [9.17, 15) is 9.59 Å². The van der Waals surface area contributed by atoms with E-state index in [1.165, 1.54) is 0 Å². The predicted molar refractivity (Wildman–Crippen MR) is 104 cm³/mol. The molecule has 3 aromatic rings. The lowest BCUT2D eigenvalue weighted by molar-refractivity contribution is -0.149. The highest BCUT2D eigenvalue weighted by molar-refractivity contribution is 6.30. The molecule has 0 aliphatic heterocycles. The number of hydrogen-bond donors (Lipinski definition) is 0. The molecule has 0 radical (unpaired) electrons. The van der Waals surface area contributed by atoms with Crippen LogP contribution in [0.3, 0.4) is 0 Å². The summed E-state index contributed by atoms with van der Waals surface area (Å²) in [5, 5.41) is 0.945. The van der Waals surface area contributed by atoms with Gasteiger partial charge in [-0.05, 0) is 57.2 Å². The number of esters is 1. The molecule has 5 nitrogen and oxygen atoms in total. The summed E-state index contributed by atoms with van der Waals surface area (Å²) in [5.74, 6) is -0.350. The summed E-state index contributed by atoms with van der Waals surface area (Å²) in [6.45, 7) is 4.97. The Morgan fingerprint density at radius 2 is 1.85 bits per heavy atom. The van der Waals surface area contributed by atoms with E-state index in [-0.39, 0.29) is 29.6 Å². The van der Waals surface area contributed by atoms with Gasteiger partial charge in [0.15, 0.2) is 12.4 Å². The highest BCUT2D eigenvalue weighted by Crippen LogP contribution is 2.32. The van der Waals surface area contributed by atoms with Gasteiger partial charge in [-0.15, -0.1) is 0 Å². The summed E-state index contributed by atoms with van der Waals surface area (Å²) in [5.41, 5.74) is 1.63. The fraction of sp³-hybridized carbons (Fsp3) is 0.238. The van der Waals surface area contributed by atoms with Crippen molar-refractivity contribution in [2.24, 2.45) is 0 Å². The first-order valence-electron chi connectivity index (χ1n) is 8.51. The van der Waals surface area contributed by atoms with Gasteiger partial charge in [0, 0.05) is 10.6 Å². The summed E-state index contributed by atoms with van der Waals surface area (Å²) >= 11 is 5.95. The summed E-state index contributed by atoms with van der Waals surface area (Å²) in [6, 6.07) is 12.1. The third kappa shape index (κ3) is 4.31. The van der Waals surface area contributed by atoms with Gasteiger partial charge in [-0.3, -0.25) is 4.79 Å². The first kappa shape index (κ1) is 19.0. The predicted octanol–water partition coefficient (Wildman–Crippen LogP) is 4.75. The fourth-order valence-corrected chi connectivity index (χ4v) is 2.77. The van der Waals surface area contributed by atoms with E-state index in [4.69, 9.17) is 25.5 Å². The SMILES string of the molecule is Cc1ccc2oc(-c3ccc(Cl)cc3)c(OCC(=O)OC(C)C)c(=O)c2c1. The van der Waals surface area contributed by atoms with Crippen molar-refractivity contribution >= 4 is 28.5 Å². The van der Waals surface area contributed by atoms with Crippen molar-refractivity contribution in [2.75, 3.05) is 6.61 Å². The Balaban J connectivity index is 2.11. The van der Waals surface area contributed by atoms with E-state index >= 15 is 0 Å². The molecule has 0 amide bonds. The summed E-state index contributed by atoms with van der Waals surface area (Å²) < 4.78 is 16.6. The molecule has 3 rings (SSSR count). The first-order valence-corrected chi connectivity index (χ1v) is 8.88. The monoisotopic (exact) mass is 386 g/mol. The smallest absolute Gasteiger partial charge is 0.344 e. The van der Waals surface area contributed by atoms with E-state index in [0.29, 0.717) is 21.6 Å². The molecule has 0 aliphatic carbocycles. The molecule has 1 aromatic heterocycles. The van der Waals surface area contributed by atoms with Crippen molar-refractivity contribution in [3.8, 4) is 17.1 Å². The molecule has 140 valence electrons. The number of benzene rings is 2. The van der Waals surface area contributed by atoms with Crippen LogP contribution in [0.5, 0.6) is 5.75 Å². The second-order valence-electron chi connectivity index (χ2n) is 6.42. The molecule has 0 unspecified atom stereocenters. The van der Waals surface area contributed by atoms with Crippen molar-refractivity contribution in [1.29, 1.82) is 0 Å². The van der Waals surface area contributed by atoms with Crippen LogP contribution >= 0.6 is 11.6 Å². The second-order valence-corrected chi connectivity index (χ2v) is 6.86. The topological polar surface area (TPSA) is 65.7 Å². The van der Waals surface area contributed by atoms with Gasteiger partial charge >= 0.3 is 5.97 Å². The van der Waals surface area contributed by atoms with Gasteiger partial charge in [-0.25, -0.2) is 4.79 Å². The average molecular weight is 387 g/mol. The summed E-state index contributed by atoms with van der Waals surface area (Å²) in [4.78, 5) is 24.9. The van der Waals surface area contributed by atoms with Crippen LogP contribution in [0.1, 0.15) is 19.4 Å². The van der Waals surface area contributed by atoms with Gasteiger partial charge in [0.25, 0.3) is 0 Å². The first-order chi connectivity index (χ1) is 12.8. The third-order valence-electron chi connectivity index (χ3n) is 3.81. The molecule has 0 saturated carbocycles. The normalized spacial score (nSPS) is 11.0. The molecule has 2 aromatic carbocycles. The van der Waals surface area contributed by atoms with Crippen molar-refractivity contribution in [3.63, 3.8) is 0 Å². The Morgan fingerprint density at radius 3 is 2.52 bits per heavy atom. The fourth-order valence-electron chi connectivity index (χ4n) is 2.64. The highest BCUT2D eigenvalue weighted by atomic mass is 35.5. The van der Waals surface area contributed by atoms with Crippen molar-refractivity contribution in [1.82, 2.24) is 0 Å². The molecule has 0 bridgehead atoms. The van der Waals surface area contributed by atoms with E-state index in [2.05, 4.69) is 0 Å². The third-order valence-corrected chi connectivity index (χ3v) is 4.06. The molecule has 0 atom stereocenters. The van der Waals surface area contributed by atoms with Crippen LogP contribution in [0.4, 0.5) is 0 Å². The maximum Gasteiger partial charge on any atom is 0.344 e. The Kier molecular flexibility index (Phi) is 5.51. The van der Waals surface area contributed by atoms with E-state index in [0.717, 1.165) is 5.56 Å². The van der Waals surface area contributed by atoms with Gasteiger partial charge in [-0.1, -0.05) is 23.2 Å². The molecule has 0 spiro atoms. The van der Waals surface area contributed by atoms with Gasteiger partial charge in [0.05, 0.1) is 11.5 Å². The van der Waals surface area contributed by atoms with Crippen LogP contribution in [-0.4, -0.2) is 18.7 Å². The van der Waals surface area contributed by atoms with Crippen molar-refractivity contribution in [3.05, 3.63) is 63.3 Å². The number of hydrogen-bond acceptors (Lipinski definition) is 5. The van der Waals surface area contributed by atoms with E-state index in [1.54, 1.807) is 50.2 Å². The van der Waals surface area contributed by atoms with E-state index < -0.39 is 5.97 Å². The molecule has 1 heterocycles. The molecular weight excluding hydrogens is 368 g/mol. The van der Waals surface area contributed by atoms with Crippen LogP contribution in [0.15, 0.2) is 51.7 Å². The number of carbonyl (C=O) groups excluding carboxylic acids is 1. The molecular formula is C21H19ClO5. The van der Waals surface area contributed by atoms with Crippen LogP contribution in [-0.2, 0) is 9.53 Å². The zero-order chi connectivity index (χ0) is 19.6. The largest absolute Gasteiger partial charge is 0.474 e. The summed E-state index contributed by atoms with van der Waals surface area (Å²) in [7, 11) is 0. The summed E-state index contributed by atoms with van der Waals surface area (Å²) in [6.07, 6.45) is -0.271. The molecule has 6 heteroatoms. The van der Waals surface area contributed by atoms with Gasteiger partial charge in [0.2, 0.25) is 11.2 Å². The maximum absolute atomic E-state index is 13.0. The van der Waals surface area contributed by atoms with Crippen molar-refractivity contribution in [2.45, 2.75) is 26.9 Å². The van der Waals surface area contributed by atoms with Gasteiger partial charge in [-0.2, -0.15) is 0 Å². The number of carbonyl (C=O) groups is 1. The molecule has 0 aliphatic rings. The van der Waals surface area contributed by atoms with E-state index in [1.807, 2.05) is 13.0 Å². The Morgan fingerprint density at radius 1 is 1.15 bits per heavy atom. The highest BCUT2D eigenvalue weighted by Gasteiger charge is 2.19. The maximum atomic E-state index is 13.0. The van der Waals surface area contributed by atoms with Crippen LogP contribution < -0.4 is 10.2 Å². The van der Waals surface area contributed by atoms with Gasteiger partial charge < -0.3 is 13.9 Å². The molecule has 0 fully saturated rings. The number of halogens is 1. The van der Waals surface area contributed by atoms with Crippen LogP contribution in [0.25, 0.3) is 22.3 Å². The number of fused-ring (bicyclic) bond motifs is 1. The van der Waals surface area contributed by atoms with Gasteiger partial charge in [0.1, 0.15) is 5.58 Å². The number of ether oxygens (including phenoxy) is 2. The second kappa shape index (κ2) is 7.84. The quantitative estimate of drug-likeness (QED) is 0.592. The molecule has 27 heavy (non-hydrogen) atoms. The minimum atomic E-state index is -0.559. The zero-order valence-corrected chi connectivity index (χ0v) is 16.0. The standard InChI is InChI=1S/C21H19ClO5/c1-12(2)26-18(23)11-25-21-19(24)16-10-13(3)4-9-17(16)27-20(21)14-5-7-15(22)8-6-14/h4-10,12H,11H2,1-3H3. The number of aryl methyl sites for hydroxylation is 1. The average Bonchev–Trinajstić information content (AvgIpc) is 2.61. The van der Waals surface area contributed by atoms with Crippen molar-refractivity contribution < 1.29 is 18.7 Å². The lowest BCUT2D eigenvalue weighted by atomic mass is 10.1. The Bertz CT molecular complexity index is 1030. The molecule has 0 N–H and O–H groups in total. The Hall–Kier alpha value is -2.79. The lowest BCUT2D eigenvalue weighted by Gasteiger charge is -2.13. The minimum absolute atomic E-state index is 0.0314. The van der Waals surface area contributed by atoms with Crippen LogP contribution in [0, 0.1) is 6.92 Å². The number of rotatable bonds is 5. The Labute approximate surface area is 161 Å². The van der Waals surface area contributed by atoms with Crippen LogP contribution in [0.2, 0.25) is 5.02 Å². The zero-order valence-electron chi connectivity index (χ0n) is 15.2. The lowest BCUT2D eigenvalue weighted by Crippen LogP contribution is -2.21.